The molecule has 0 spiro atoms. The molecule has 7 heteroatoms. The summed E-state index contributed by atoms with van der Waals surface area (Å²) >= 11 is 0. The lowest BCUT2D eigenvalue weighted by atomic mass is 10.0. The van der Waals surface area contributed by atoms with Gasteiger partial charge in [-0.2, -0.15) is 0 Å². The number of aryl methyl sites for hydroxylation is 2. The van der Waals surface area contributed by atoms with Gasteiger partial charge in [0.15, 0.2) is 6.10 Å². The maximum Gasteiger partial charge on any atom is 0.339 e. The zero-order valence-corrected chi connectivity index (χ0v) is 18.0. The second-order valence-corrected chi connectivity index (χ2v) is 8.10. The van der Waals surface area contributed by atoms with Crippen LogP contribution in [-0.2, 0) is 28.9 Å². The van der Waals surface area contributed by atoms with Gasteiger partial charge in [0.25, 0.3) is 5.91 Å². The van der Waals surface area contributed by atoms with Gasteiger partial charge in [-0.15, -0.1) is 0 Å². The third-order valence-corrected chi connectivity index (χ3v) is 5.90. The number of carbonyl (C=O) groups is 2. The van der Waals surface area contributed by atoms with Crippen molar-refractivity contribution in [2.45, 2.75) is 51.7 Å². The van der Waals surface area contributed by atoms with Gasteiger partial charge >= 0.3 is 5.63 Å². The number of benzene rings is 2. The van der Waals surface area contributed by atoms with Crippen molar-refractivity contribution >= 4 is 22.8 Å². The Labute approximate surface area is 185 Å². The number of amides is 1. The van der Waals surface area contributed by atoms with Crippen molar-refractivity contribution in [3.8, 4) is 5.75 Å². The molecule has 1 aliphatic carbocycles. The molecule has 0 aliphatic heterocycles. The van der Waals surface area contributed by atoms with Crippen molar-refractivity contribution in [3.63, 3.8) is 0 Å². The molecule has 0 unspecified atom stereocenters. The van der Waals surface area contributed by atoms with E-state index < -0.39 is 24.0 Å². The average molecular weight is 434 g/mol. The molecule has 0 saturated carbocycles. The summed E-state index contributed by atoms with van der Waals surface area (Å²) in [6, 6.07) is 11.4. The van der Waals surface area contributed by atoms with Gasteiger partial charge < -0.3 is 24.4 Å². The van der Waals surface area contributed by atoms with Gasteiger partial charge in [0.05, 0.1) is 12.0 Å². The molecule has 1 aliphatic rings. The van der Waals surface area contributed by atoms with E-state index in [1.165, 1.54) is 6.92 Å². The molecular weight excluding hydrogens is 410 g/mol. The van der Waals surface area contributed by atoms with Crippen LogP contribution in [-0.4, -0.2) is 24.0 Å². The molecule has 2 aromatic carbocycles. The minimum Gasteiger partial charge on any atom is -0.548 e. The highest BCUT2D eigenvalue weighted by atomic mass is 16.5. The van der Waals surface area contributed by atoms with E-state index in [1.807, 2.05) is 12.1 Å². The zero-order valence-electron chi connectivity index (χ0n) is 18.0. The van der Waals surface area contributed by atoms with E-state index in [9.17, 15) is 19.5 Å². The highest BCUT2D eigenvalue weighted by molar-refractivity contribution is 5.88. The molecular formula is C25H24NO6-. The number of nitrogens with one attached hydrogen (secondary N) is 1. The number of ether oxygens (including phenoxy) is 1. The van der Waals surface area contributed by atoms with Gasteiger partial charge in [0, 0.05) is 16.5 Å². The standard InChI is InChI=1S/C25H25NO6/c1-14-21(12-11-18-17-9-6-10-19(17)25(30)32-22(14)18)31-15(2)23(27)26-20(24(28)29)13-16-7-4-3-5-8-16/h3-5,7-8,11-12,15,20H,6,9-10,13H2,1-2H3,(H,26,27)(H,28,29)/p-1/t15-,20+/m1/s1. The Hall–Kier alpha value is -3.61. The maximum absolute atomic E-state index is 12.6. The number of carboxylic acids is 1. The molecule has 166 valence electrons. The predicted octanol–water partition coefficient (Wildman–Crippen LogP) is 1.83. The highest BCUT2D eigenvalue weighted by Crippen LogP contribution is 2.33. The van der Waals surface area contributed by atoms with Crippen molar-refractivity contribution in [1.82, 2.24) is 5.32 Å². The number of hydrogen-bond donors (Lipinski definition) is 1. The first-order valence-electron chi connectivity index (χ1n) is 10.6. The minimum absolute atomic E-state index is 0.104. The fourth-order valence-electron chi connectivity index (χ4n) is 4.17. The number of fused-ring (bicyclic) bond motifs is 3. The van der Waals surface area contributed by atoms with Crippen LogP contribution in [0, 0.1) is 6.92 Å². The summed E-state index contributed by atoms with van der Waals surface area (Å²) in [4.78, 5) is 36.5. The van der Waals surface area contributed by atoms with E-state index >= 15 is 0 Å². The number of aliphatic carboxylic acids is 1. The second-order valence-electron chi connectivity index (χ2n) is 8.10. The van der Waals surface area contributed by atoms with E-state index in [2.05, 4.69) is 5.32 Å². The van der Waals surface area contributed by atoms with Crippen molar-refractivity contribution in [2.75, 3.05) is 0 Å². The van der Waals surface area contributed by atoms with Crippen molar-refractivity contribution in [2.24, 2.45) is 0 Å². The van der Waals surface area contributed by atoms with Crippen LogP contribution in [0.2, 0.25) is 0 Å². The molecule has 1 N–H and O–H groups in total. The van der Waals surface area contributed by atoms with E-state index in [0.717, 1.165) is 41.3 Å². The van der Waals surface area contributed by atoms with E-state index in [-0.39, 0.29) is 12.0 Å². The van der Waals surface area contributed by atoms with Crippen LogP contribution < -0.4 is 20.8 Å². The summed E-state index contributed by atoms with van der Waals surface area (Å²) in [5.41, 5.74) is 3.28. The summed E-state index contributed by atoms with van der Waals surface area (Å²) < 4.78 is 11.4. The Bertz CT molecular complexity index is 1230. The molecule has 2 atom stereocenters. The van der Waals surface area contributed by atoms with Gasteiger partial charge in [-0.3, -0.25) is 4.79 Å². The summed E-state index contributed by atoms with van der Waals surface area (Å²) in [5.74, 6) is -1.55. The van der Waals surface area contributed by atoms with E-state index in [1.54, 1.807) is 37.3 Å². The Morgan fingerprint density at radius 1 is 1.12 bits per heavy atom. The Kier molecular flexibility index (Phi) is 5.99. The van der Waals surface area contributed by atoms with Crippen LogP contribution in [0.15, 0.2) is 51.7 Å². The molecule has 1 aromatic heterocycles. The van der Waals surface area contributed by atoms with Gasteiger partial charge in [-0.1, -0.05) is 30.3 Å². The summed E-state index contributed by atoms with van der Waals surface area (Å²) in [6.45, 7) is 3.30. The lowest BCUT2D eigenvalue weighted by Crippen LogP contribution is -2.52. The van der Waals surface area contributed by atoms with Crippen LogP contribution in [0.1, 0.15) is 35.6 Å². The Balaban J connectivity index is 1.51. The van der Waals surface area contributed by atoms with Crippen molar-refractivity contribution in [3.05, 3.63) is 75.1 Å². The van der Waals surface area contributed by atoms with Crippen LogP contribution in [0.25, 0.3) is 11.0 Å². The van der Waals surface area contributed by atoms with E-state index in [4.69, 9.17) is 9.15 Å². The van der Waals surface area contributed by atoms with Gasteiger partial charge in [0.2, 0.25) is 0 Å². The summed E-state index contributed by atoms with van der Waals surface area (Å²) in [5, 5.41) is 14.9. The first-order valence-corrected chi connectivity index (χ1v) is 10.6. The molecule has 0 saturated heterocycles. The third-order valence-electron chi connectivity index (χ3n) is 5.90. The van der Waals surface area contributed by atoms with Crippen LogP contribution >= 0.6 is 0 Å². The Morgan fingerprint density at radius 2 is 1.84 bits per heavy atom. The van der Waals surface area contributed by atoms with Crippen LogP contribution in [0.4, 0.5) is 0 Å². The predicted molar refractivity (Wildman–Crippen MR) is 116 cm³/mol. The lowest BCUT2D eigenvalue weighted by molar-refractivity contribution is -0.308. The molecule has 0 fully saturated rings. The average Bonchev–Trinajstić information content (AvgIpc) is 3.27. The summed E-state index contributed by atoms with van der Waals surface area (Å²) in [6.07, 6.45) is 1.63. The lowest BCUT2D eigenvalue weighted by Gasteiger charge is -2.23. The van der Waals surface area contributed by atoms with Gasteiger partial charge in [-0.05, 0) is 62.8 Å². The Morgan fingerprint density at radius 3 is 2.56 bits per heavy atom. The molecule has 7 nitrogen and oxygen atoms in total. The monoisotopic (exact) mass is 434 g/mol. The normalized spacial score (nSPS) is 14.6. The number of carbonyl (C=O) groups excluding carboxylic acids is 2. The van der Waals surface area contributed by atoms with Crippen molar-refractivity contribution < 1.29 is 23.8 Å². The molecule has 0 radical (unpaired) electrons. The molecule has 4 rings (SSSR count). The number of carboxylic acid groups (broad SMARTS) is 1. The molecule has 1 heterocycles. The van der Waals surface area contributed by atoms with Gasteiger partial charge in [-0.25, -0.2) is 4.79 Å². The number of rotatable bonds is 7. The number of hydrogen-bond acceptors (Lipinski definition) is 6. The smallest absolute Gasteiger partial charge is 0.339 e. The van der Waals surface area contributed by atoms with Gasteiger partial charge in [0.1, 0.15) is 11.3 Å². The highest BCUT2D eigenvalue weighted by Gasteiger charge is 2.24. The van der Waals surface area contributed by atoms with Crippen LogP contribution in [0.3, 0.4) is 0 Å². The zero-order chi connectivity index (χ0) is 22.8. The molecule has 3 aromatic rings. The quantitative estimate of drug-likeness (QED) is 0.569. The van der Waals surface area contributed by atoms with Crippen molar-refractivity contribution in [1.29, 1.82) is 0 Å². The first kappa shape index (κ1) is 21.6. The third kappa shape index (κ3) is 4.23. The van der Waals surface area contributed by atoms with E-state index in [0.29, 0.717) is 16.9 Å². The fraction of sp³-hybridized carbons (Fsp3) is 0.320. The SMILES string of the molecule is Cc1c(O[C@H](C)C(=O)N[C@@H](Cc2ccccc2)C(=O)[O-])ccc2c3c(c(=O)oc12)CCC3. The maximum atomic E-state index is 12.6. The second kappa shape index (κ2) is 8.86. The topological polar surface area (TPSA) is 109 Å². The molecule has 1 amide bonds. The van der Waals surface area contributed by atoms with Crippen LogP contribution in [0.5, 0.6) is 5.75 Å². The molecule has 32 heavy (non-hydrogen) atoms. The minimum atomic E-state index is -1.37. The fourth-order valence-corrected chi connectivity index (χ4v) is 4.17. The largest absolute Gasteiger partial charge is 0.548 e. The first-order chi connectivity index (χ1) is 15.3. The summed E-state index contributed by atoms with van der Waals surface area (Å²) in [7, 11) is 0. The molecule has 0 bridgehead atoms.